The van der Waals surface area contributed by atoms with Gasteiger partial charge >= 0.3 is 0 Å². The highest BCUT2D eigenvalue weighted by Gasteiger charge is 2.44. The van der Waals surface area contributed by atoms with Gasteiger partial charge in [-0.2, -0.15) is 0 Å². The first kappa shape index (κ1) is 15.2. The second-order valence-electron chi connectivity index (χ2n) is 6.96. The van der Waals surface area contributed by atoms with E-state index in [0.717, 1.165) is 50.3 Å². The number of aromatic nitrogens is 4. The number of rotatable bonds is 2. The van der Waals surface area contributed by atoms with Crippen molar-refractivity contribution in [2.45, 2.75) is 51.4 Å². The van der Waals surface area contributed by atoms with E-state index >= 15 is 0 Å². The van der Waals surface area contributed by atoms with Crippen LogP contribution in [0.15, 0.2) is 10.8 Å². The molecule has 1 saturated heterocycles. The molecule has 0 bridgehead atoms. The Morgan fingerprint density at radius 3 is 3.00 bits per heavy atom. The summed E-state index contributed by atoms with van der Waals surface area (Å²) in [5.41, 5.74) is 3.71. The van der Waals surface area contributed by atoms with Gasteiger partial charge in [-0.15, -0.1) is 0 Å². The highest BCUT2D eigenvalue weighted by Crippen LogP contribution is 2.43. The van der Waals surface area contributed by atoms with Crippen LogP contribution in [0.4, 0.5) is 0 Å². The molecule has 1 spiro atoms. The lowest BCUT2D eigenvalue weighted by molar-refractivity contribution is -0.132. The van der Waals surface area contributed by atoms with Gasteiger partial charge in [0.05, 0.1) is 12.1 Å². The number of piperidine rings is 1. The number of amides is 1. The van der Waals surface area contributed by atoms with E-state index in [1.165, 1.54) is 5.56 Å². The van der Waals surface area contributed by atoms with Crippen molar-refractivity contribution in [3.05, 3.63) is 34.7 Å². The summed E-state index contributed by atoms with van der Waals surface area (Å²) in [6.45, 7) is 5.27. The van der Waals surface area contributed by atoms with Gasteiger partial charge in [0, 0.05) is 24.7 Å². The maximum absolute atomic E-state index is 12.7. The van der Waals surface area contributed by atoms with Crippen molar-refractivity contribution in [1.29, 1.82) is 0 Å². The van der Waals surface area contributed by atoms with Gasteiger partial charge in [0.1, 0.15) is 17.2 Å². The third-order valence-electron chi connectivity index (χ3n) is 5.35. The molecule has 126 valence electrons. The van der Waals surface area contributed by atoms with E-state index in [1.54, 1.807) is 0 Å². The van der Waals surface area contributed by atoms with Crippen LogP contribution in [0.3, 0.4) is 0 Å². The van der Waals surface area contributed by atoms with E-state index in [0.29, 0.717) is 11.4 Å². The summed E-state index contributed by atoms with van der Waals surface area (Å²) in [6.07, 6.45) is 6.35. The summed E-state index contributed by atoms with van der Waals surface area (Å²) < 4.78 is 4.70. The highest BCUT2D eigenvalue weighted by atomic mass is 16.6. The molecule has 1 amide bonds. The second kappa shape index (κ2) is 5.65. The molecule has 1 unspecified atom stereocenters. The number of hydrogen-bond acceptors (Lipinski definition) is 6. The third-order valence-corrected chi connectivity index (χ3v) is 5.35. The molecule has 1 aliphatic heterocycles. The van der Waals surface area contributed by atoms with Gasteiger partial charge in [0.2, 0.25) is 5.91 Å². The van der Waals surface area contributed by atoms with Crippen LogP contribution in [-0.4, -0.2) is 44.2 Å². The number of fused-ring (bicyclic) bond motifs is 2. The van der Waals surface area contributed by atoms with Crippen molar-refractivity contribution in [3.8, 4) is 0 Å². The van der Waals surface area contributed by atoms with Crippen molar-refractivity contribution >= 4 is 5.91 Å². The minimum atomic E-state index is -0.00589. The summed E-state index contributed by atoms with van der Waals surface area (Å²) in [6, 6.07) is 0. The van der Waals surface area contributed by atoms with Gasteiger partial charge in [-0.25, -0.2) is 14.6 Å². The Balaban J connectivity index is 1.56. The number of carbonyl (C=O) groups excluding carboxylic acids is 1. The normalized spacial score (nSPS) is 22.8. The fraction of sp³-hybridized carbons (Fsp3) is 0.588. The molecule has 3 heterocycles. The second-order valence-corrected chi connectivity index (χ2v) is 6.96. The summed E-state index contributed by atoms with van der Waals surface area (Å²) in [4.78, 5) is 23.7. The first-order valence-electron chi connectivity index (χ1n) is 8.46. The zero-order chi connectivity index (χ0) is 16.7. The molecule has 2 aliphatic rings. The summed E-state index contributed by atoms with van der Waals surface area (Å²) in [5.74, 6) is 0.898. The largest absolute Gasteiger partial charge is 0.341 e. The van der Waals surface area contributed by atoms with Crippen molar-refractivity contribution in [3.63, 3.8) is 0 Å². The highest BCUT2D eigenvalue weighted by molar-refractivity contribution is 5.78. The molecule has 0 N–H and O–H groups in total. The molecular weight excluding hydrogens is 306 g/mol. The summed E-state index contributed by atoms with van der Waals surface area (Å²) >= 11 is 0. The molecule has 1 aliphatic carbocycles. The average molecular weight is 327 g/mol. The van der Waals surface area contributed by atoms with Crippen LogP contribution in [0, 0.1) is 13.8 Å². The zero-order valence-electron chi connectivity index (χ0n) is 14.1. The molecule has 0 radical (unpaired) electrons. The van der Waals surface area contributed by atoms with Gasteiger partial charge < -0.3 is 4.90 Å². The molecule has 1 atom stereocenters. The molecule has 0 aromatic carbocycles. The summed E-state index contributed by atoms with van der Waals surface area (Å²) in [5, 5.41) is 7.58. The van der Waals surface area contributed by atoms with Crippen LogP contribution in [0.2, 0.25) is 0 Å². The Labute approximate surface area is 140 Å². The molecule has 1 fully saturated rings. The molecule has 24 heavy (non-hydrogen) atoms. The van der Waals surface area contributed by atoms with E-state index in [9.17, 15) is 4.79 Å². The molecule has 7 heteroatoms. The van der Waals surface area contributed by atoms with E-state index in [-0.39, 0.29) is 17.7 Å². The predicted molar refractivity (Wildman–Crippen MR) is 85.3 cm³/mol. The quantitative estimate of drug-likeness (QED) is 0.831. The monoisotopic (exact) mass is 327 g/mol. The Morgan fingerprint density at radius 2 is 2.21 bits per heavy atom. The Hall–Kier alpha value is -2.31. The Morgan fingerprint density at radius 1 is 1.33 bits per heavy atom. The number of aryl methyl sites for hydroxylation is 3. The fourth-order valence-corrected chi connectivity index (χ4v) is 4.04. The van der Waals surface area contributed by atoms with E-state index < -0.39 is 0 Å². The third kappa shape index (κ3) is 2.48. The molecular formula is C17H21N5O2. The van der Waals surface area contributed by atoms with Crippen LogP contribution in [0.25, 0.3) is 0 Å². The van der Waals surface area contributed by atoms with E-state index in [2.05, 4.69) is 15.3 Å². The standard InChI is InChI=1S/C17H21N5O2/c1-11-14(21-24-20-11)8-15(23)22-7-3-5-17(10-22)6-4-13-9-18-12(2)19-16(13)17/h9H,3-8,10H2,1-2H3. The van der Waals surface area contributed by atoms with Crippen LogP contribution >= 0.6 is 0 Å². The van der Waals surface area contributed by atoms with Gasteiger partial charge in [0.25, 0.3) is 0 Å². The SMILES string of the molecule is Cc1ncc2c(n1)C1(CCCN(C(=O)Cc3nonc3C)C1)CC2. The van der Waals surface area contributed by atoms with Crippen molar-refractivity contribution in [1.82, 2.24) is 25.2 Å². The Bertz CT molecular complexity index is 783. The average Bonchev–Trinajstić information content (AvgIpc) is 3.13. The van der Waals surface area contributed by atoms with Crippen LogP contribution in [0.1, 0.15) is 47.7 Å². The maximum atomic E-state index is 12.7. The van der Waals surface area contributed by atoms with Gasteiger partial charge in [0.15, 0.2) is 0 Å². The van der Waals surface area contributed by atoms with Gasteiger partial charge in [-0.05, 0) is 45.1 Å². The van der Waals surface area contributed by atoms with Crippen molar-refractivity contribution in [2.24, 2.45) is 0 Å². The van der Waals surface area contributed by atoms with E-state index in [4.69, 9.17) is 9.61 Å². The summed E-state index contributed by atoms with van der Waals surface area (Å²) in [7, 11) is 0. The van der Waals surface area contributed by atoms with Crippen molar-refractivity contribution < 1.29 is 9.42 Å². The zero-order valence-corrected chi connectivity index (χ0v) is 14.1. The van der Waals surface area contributed by atoms with Gasteiger partial charge in [-0.3, -0.25) is 4.79 Å². The first-order chi connectivity index (χ1) is 11.6. The Kier molecular flexibility index (Phi) is 3.58. The number of hydrogen-bond donors (Lipinski definition) is 0. The molecule has 2 aromatic rings. The lowest BCUT2D eigenvalue weighted by Gasteiger charge is -2.40. The van der Waals surface area contributed by atoms with Gasteiger partial charge in [-0.1, -0.05) is 10.3 Å². The minimum Gasteiger partial charge on any atom is -0.341 e. The molecule has 0 saturated carbocycles. The van der Waals surface area contributed by atoms with Crippen molar-refractivity contribution in [2.75, 3.05) is 13.1 Å². The lowest BCUT2D eigenvalue weighted by atomic mass is 9.77. The number of carbonyl (C=O) groups is 1. The number of likely N-dealkylation sites (tertiary alicyclic amines) is 1. The molecule has 4 rings (SSSR count). The minimum absolute atomic E-state index is 0.00589. The molecule has 7 nitrogen and oxygen atoms in total. The number of nitrogens with zero attached hydrogens (tertiary/aromatic N) is 5. The first-order valence-corrected chi connectivity index (χ1v) is 8.46. The van der Waals surface area contributed by atoms with Crippen LogP contribution in [0.5, 0.6) is 0 Å². The topological polar surface area (TPSA) is 85.0 Å². The molecule has 2 aromatic heterocycles. The van der Waals surface area contributed by atoms with Crippen LogP contribution in [-0.2, 0) is 23.1 Å². The maximum Gasteiger partial charge on any atom is 0.228 e. The smallest absolute Gasteiger partial charge is 0.228 e. The fourth-order valence-electron chi connectivity index (χ4n) is 4.04. The lowest BCUT2D eigenvalue weighted by Crippen LogP contribution is -2.48. The van der Waals surface area contributed by atoms with E-state index in [1.807, 2.05) is 24.9 Å². The predicted octanol–water partition coefficient (Wildman–Crippen LogP) is 1.53. The van der Waals surface area contributed by atoms with Crippen LogP contribution < -0.4 is 0 Å².